The molecule has 0 aliphatic carbocycles. The smallest absolute Gasteiger partial charge is 0.232 e. The fourth-order valence-corrected chi connectivity index (χ4v) is 2.75. The van der Waals surface area contributed by atoms with Gasteiger partial charge in [-0.2, -0.15) is 11.8 Å². The van der Waals surface area contributed by atoms with E-state index in [0.29, 0.717) is 12.3 Å². The first-order valence-electron chi connectivity index (χ1n) is 6.62. The van der Waals surface area contributed by atoms with Crippen LogP contribution in [0.2, 0.25) is 0 Å². The van der Waals surface area contributed by atoms with Gasteiger partial charge in [0.25, 0.3) is 0 Å². The lowest BCUT2D eigenvalue weighted by molar-refractivity contribution is -0.127. The van der Waals surface area contributed by atoms with E-state index in [4.69, 9.17) is 5.73 Å². The summed E-state index contributed by atoms with van der Waals surface area (Å²) in [7, 11) is 1.86. The van der Waals surface area contributed by atoms with Gasteiger partial charge in [-0.05, 0) is 37.1 Å². The Labute approximate surface area is 120 Å². The third-order valence-electron chi connectivity index (χ3n) is 3.04. The predicted molar refractivity (Wildman–Crippen MR) is 83.2 cm³/mol. The Morgan fingerprint density at radius 1 is 1.42 bits per heavy atom. The van der Waals surface area contributed by atoms with Crippen LogP contribution in [0.25, 0.3) is 0 Å². The van der Waals surface area contributed by atoms with Gasteiger partial charge in [0.15, 0.2) is 0 Å². The van der Waals surface area contributed by atoms with Crippen LogP contribution in [0.5, 0.6) is 0 Å². The third-order valence-corrected chi connectivity index (χ3v) is 4.01. The molecule has 3 nitrogen and oxygen atoms in total. The molecule has 0 aliphatic rings. The molecule has 0 saturated carbocycles. The number of carbonyl (C=O) groups excluding carboxylic acids is 1. The summed E-state index contributed by atoms with van der Waals surface area (Å²) >= 11 is 1.66. The van der Waals surface area contributed by atoms with Crippen molar-refractivity contribution >= 4 is 17.7 Å². The molecular weight excluding hydrogens is 256 g/mol. The maximum Gasteiger partial charge on any atom is 0.232 e. The van der Waals surface area contributed by atoms with E-state index in [-0.39, 0.29) is 11.9 Å². The molecule has 1 atom stereocenters. The van der Waals surface area contributed by atoms with Crippen molar-refractivity contribution in [1.82, 2.24) is 4.90 Å². The molecule has 2 N–H and O–H groups in total. The summed E-state index contributed by atoms with van der Waals surface area (Å²) in [5, 5.41) is 0. The average Bonchev–Trinajstić information content (AvgIpc) is 2.36. The zero-order chi connectivity index (χ0) is 14.3. The number of carbonyl (C=O) groups is 1. The normalized spacial score (nSPS) is 12.2. The first-order chi connectivity index (χ1) is 9.00. The van der Waals surface area contributed by atoms with Crippen LogP contribution in [0, 0.1) is 6.92 Å². The maximum absolute atomic E-state index is 12.0. The molecule has 0 spiro atoms. The van der Waals surface area contributed by atoms with Crippen LogP contribution in [-0.4, -0.2) is 35.4 Å². The quantitative estimate of drug-likeness (QED) is 0.780. The Bertz CT molecular complexity index is 407. The number of nitrogens with two attached hydrogens (primary N) is 1. The molecule has 4 heteroatoms. The molecule has 0 bridgehead atoms. The molecule has 1 aromatic rings. The Morgan fingerprint density at radius 2 is 2.11 bits per heavy atom. The molecule has 0 aromatic heterocycles. The van der Waals surface area contributed by atoms with Crippen LogP contribution in [0.3, 0.4) is 0 Å². The zero-order valence-corrected chi connectivity index (χ0v) is 12.9. The highest BCUT2D eigenvalue weighted by Crippen LogP contribution is 2.11. The predicted octanol–water partition coefficient (Wildman–Crippen LogP) is 2.42. The second kappa shape index (κ2) is 8.23. The zero-order valence-electron chi connectivity index (χ0n) is 12.1. The number of benzene rings is 1. The first kappa shape index (κ1) is 16.1. The van der Waals surface area contributed by atoms with E-state index in [2.05, 4.69) is 19.1 Å². The molecule has 0 radical (unpaired) electrons. The standard InChI is InChI=1S/C15H24N2OS/c1-12-6-4-5-7-14(12)10-17(3)15(18)11-19-9-8-13(2)16/h4-7,13H,8-11,16H2,1-3H3. The van der Waals surface area contributed by atoms with Crippen LogP contribution in [0.1, 0.15) is 24.5 Å². The fraction of sp³-hybridized carbons (Fsp3) is 0.533. The largest absolute Gasteiger partial charge is 0.341 e. The second-order valence-electron chi connectivity index (χ2n) is 4.99. The molecule has 1 aromatic carbocycles. The number of amides is 1. The molecule has 0 heterocycles. The van der Waals surface area contributed by atoms with Gasteiger partial charge in [-0.25, -0.2) is 0 Å². The average molecular weight is 280 g/mol. The summed E-state index contributed by atoms with van der Waals surface area (Å²) in [5.74, 6) is 1.66. The summed E-state index contributed by atoms with van der Waals surface area (Å²) < 4.78 is 0. The third kappa shape index (κ3) is 6.12. The molecule has 0 saturated heterocycles. The Balaban J connectivity index is 2.35. The summed E-state index contributed by atoms with van der Waals surface area (Å²) in [5.41, 5.74) is 8.12. The minimum Gasteiger partial charge on any atom is -0.341 e. The van der Waals surface area contributed by atoms with Crippen LogP contribution in [0.15, 0.2) is 24.3 Å². The van der Waals surface area contributed by atoms with E-state index in [0.717, 1.165) is 12.2 Å². The number of aryl methyl sites for hydroxylation is 1. The van der Waals surface area contributed by atoms with Crippen molar-refractivity contribution in [3.8, 4) is 0 Å². The second-order valence-corrected chi connectivity index (χ2v) is 6.10. The molecule has 0 fully saturated rings. The Kier molecular flexibility index (Phi) is 6.95. The van der Waals surface area contributed by atoms with Crippen molar-refractivity contribution in [3.63, 3.8) is 0 Å². The van der Waals surface area contributed by atoms with Crippen molar-refractivity contribution in [2.45, 2.75) is 32.9 Å². The SMILES string of the molecule is Cc1ccccc1CN(C)C(=O)CSCCC(C)N. The summed E-state index contributed by atoms with van der Waals surface area (Å²) in [6.07, 6.45) is 0.958. The van der Waals surface area contributed by atoms with Crippen LogP contribution < -0.4 is 5.73 Å². The van der Waals surface area contributed by atoms with Crippen molar-refractivity contribution in [1.29, 1.82) is 0 Å². The summed E-state index contributed by atoms with van der Waals surface area (Å²) in [6, 6.07) is 8.39. The molecular formula is C15H24N2OS. The first-order valence-corrected chi connectivity index (χ1v) is 7.78. The van der Waals surface area contributed by atoms with Gasteiger partial charge in [0.2, 0.25) is 5.91 Å². The van der Waals surface area contributed by atoms with Crippen molar-refractivity contribution in [3.05, 3.63) is 35.4 Å². The fourth-order valence-electron chi connectivity index (χ4n) is 1.67. The van der Waals surface area contributed by atoms with Crippen molar-refractivity contribution in [2.24, 2.45) is 5.73 Å². The van der Waals surface area contributed by atoms with E-state index in [1.165, 1.54) is 11.1 Å². The number of nitrogens with zero attached hydrogens (tertiary/aromatic N) is 1. The monoisotopic (exact) mass is 280 g/mol. The molecule has 1 unspecified atom stereocenters. The number of thioether (sulfide) groups is 1. The van der Waals surface area contributed by atoms with Crippen molar-refractivity contribution in [2.75, 3.05) is 18.6 Å². The minimum atomic E-state index is 0.179. The molecule has 0 aliphatic heterocycles. The van der Waals surface area contributed by atoms with Crippen LogP contribution in [-0.2, 0) is 11.3 Å². The van der Waals surface area contributed by atoms with E-state index < -0.39 is 0 Å². The van der Waals surface area contributed by atoms with Gasteiger partial charge < -0.3 is 10.6 Å². The van der Waals surface area contributed by atoms with E-state index in [9.17, 15) is 4.79 Å². The highest BCUT2D eigenvalue weighted by atomic mass is 32.2. The van der Waals surface area contributed by atoms with E-state index >= 15 is 0 Å². The Morgan fingerprint density at radius 3 is 2.74 bits per heavy atom. The van der Waals surface area contributed by atoms with E-state index in [1.807, 2.05) is 26.1 Å². The van der Waals surface area contributed by atoms with Gasteiger partial charge in [0, 0.05) is 19.6 Å². The van der Waals surface area contributed by atoms with Gasteiger partial charge in [-0.3, -0.25) is 4.79 Å². The molecule has 106 valence electrons. The van der Waals surface area contributed by atoms with Gasteiger partial charge in [-0.1, -0.05) is 24.3 Å². The van der Waals surface area contributed by atoms with Gasteiger partial charge in [-0.15, -0.1) is 0 Å². The number of hydrogen-bond acceptors (Lipinski definition) is 3. The minimum absolute atomic E-state index is 0.179. The lowest BCUT2D eigenvalue weighted by Gasteiger charge is -2.18. The van der Waals surface area contributed by atoms with Crippen LogP contribution in [0.4, 0.5) is 0 Å². The molecule has 1 amide bonds. The van der Waals surface area contributed by atoms with Crippen molar-refractivity contribution < 1.29 is 4.79 Å². The van der Waals surface area contributed by atoms with Gasteiger partial charge >= 0.3 is 0 Å². The topological polar surface area (TPSA) is 46.3 Å². The summed E-state index contributed by atoms with van der Waals surface area (Å²) in [4.78, 5) is 13.8. The lowest BCUT2D eigenvalue weighted by atomic mass is 10.1. The lowest BCUT2D eigenvalue weighted by Crippen LogP contribution is -2.28. The van der Waals surface area contributed by atoms with Crippen LogP contribution >= 0.6 is 11.8 Å². The maximum atomic E-state index is 12.0. The highest BCUT2D eigenvalue weighted by molar-refractivity contribution is 7.99. The van der Waals surface area contributed by atoms with Gasteiger partial charge in [0.1, 0.15) is 0 Å². The number of rotatable bonds is 7. The Hall–Kier alpha value is -1.000. The van der Waals surface area contributed by atoms with E-state index in [1.54, 1.807) is 16.7 Å². The molecule has 1 rings (SSSR count). The highest BCUT2D eigenvalue weighted by Gasteiger charge is 2.10. The summed E-state index contributed by atoms with van der Waals surface area (Å²) in [6.45, 7) is 4.75. The molecule has 19 heavy (non-hydrogen) atoms. The number of hydrogen-bond donors (Lipinski definition) is 1. The van der Waals surface area contributed by atoms with Gasteiger partial charge in [0.05, 0.1) is 5.75 Å².